The van der Waals surface area contributed by atoms with Crippen LogP contribution in [-0.2, 0) is 42.1 Å². The predicted octanol–water partition coefficient (Wildman–Crippen LogP) is 13.8. The van der Waals surface area contributed by atoms with Crippen LogP contribution in [0.2, 0.25) is 0 Å². The van der Waals surface area contributed by atoms with Crippen molar-refractivity contribution >= 4 is 77.9 Å². The quantitative estimate of drug-likeness (QED) is 0.154. The fraction of sp³-hybridized carbons (Fsp3) is 0. The molecule has 0 spiro atoms. The molecular formula is C56H40Br2N10O2Pt2. The first kappa shape index (κ1) is 52.7. The van der Waals surface area contributed by atoms with E-state index in [1.165, 1.54) is 0 Å². The normalized spacial score (nSPS) is 11.7. The van der Waals surface area contributed by atoms with Gasteiger partial charge in [0.2, 0.25) is 11.8 Å². The van der Waals surface area contributed by atoms with Gasteiger partial charge >= 0.3 is 42.1 Å². The zero-order chi connectivity index (χ0) is 48.1. The molecule has 0 fully saturated rings. The molecule has 2 N–H and O–H groups in total. The minimum Gasteiger partial charge on any atom is -0.493 e. The monoisotopic (exact) mass is 1430 g/mol. The van der Waals surface area contributed by atoms with E-state index in [1.54, 1.807) is 36.9 Å². The summed E-state index contributed by atoms with van der Waals surface area (Å²) in [6, 6.07) is 68.7. The first-order chi connectivity index (χ1) is 34.4. The number of hydrogen-bond acceptors (Lipinski definition) is 12. The van der Waals surface area contributed by atoms with Crippen molar-refractivity contribution in [2.24, 2.45) is 0 Å². The van der Waals surface area contributed by atoms with Gasteiger partial charge in [0, 0.05) is 68.4 Å². The van der Waals surface area contributed by atoms with Crippen LogP contribution in [0, 0.1) is 25.5 Å². The maximum absolute atomic E-state index is 9.31. The van der Waals surface area contributed by atoms with Crippen molar-refractivity contribution in [3.63, 3.8) is 0 Å². The third-order valence-corrected chi connectivity index (χ3v) is 11.3. The molecule has 2 aliphatic rings. The number of halogens is 2. The van der Waals surface area contributed by atoms with Gasteiger partial charge in [-0.15, -0.1) is 24.7 Å². The molecule has 0 amide bonds. The third-order valence-electron chi connectivity index (χ3n) is 10.4. The second-order valence-corrected chi connectivity index (χ2v) is 16.9. The summed E-state index contributed by atoms with van der Waals surface area (Å²) in [5, 5.41) is 18.6. The number of benzene rings is 6. The topological polar surface area (TPSA) is 131 Å². The van der Waals surface area contributed by atoms with E-state index >= 15 is 0 Å². The SMILES string of the molecule is Oc1cc(Br)cc(-c2ccccc2)n1.Oc1cc(Br)cc(-c2ccccc2)n1.[Pt+2].[Pt+2].[c-]1ccccc1N1[CH-]N(c2ccccc2)c2nccnc21.[c-]1ccccc1N1[CH-]N(c2ccccc2)c2nccnc21. The van der Waals surface area contributed by atoms with Crippen LogP contribution < -0.4 is 19.6 Å². The number of nitrogens with zero attached hydrogens (tertiary/aromatic N) is 10. The second-order valence-electron chi connectivity index (χ2n) is 15.1. The second kappa shape index (κ2) is 25.9. The molecule has 360 valence electrons. The summed E-state index contributed by atoms with van der Waals surface area (Å²) in [5.41, 5.74) is 7.49. The number of anilines is 8. The van der Waals surface area contributed by atoms with E-state index in [9.17, 15) is 10.2 Å². The van der Waals surface area contributed by atoms with Crippen LogP contribution in [0.5, 0.6) is 11.8 Å². The van der Waals surface area contributed by atoms with Crippen LogP contribution in [0.3, 0.4) is 0 Å². The average Bonchev–Trinajstić information content (AvgIpc) is 4.00. The van der Waals surface area contributed by atoms with Gasteiger partial charge in [0.1, 0.15) is 23.3 Å². The first-order valence-corrected chi connectivity index (χ1v) is 23.3. The standard InChI is InChI=1S/2C17H12N4.2C11H8BrNO.2Pt/c2*1-3-7-14(8-4-1)20-13-21(15-9-5-2-6-10-15)17-16(20)18-11-12-19-17;2*12-9-6-10(13-11(14)7-9)8-4-2-1-3-5-8;;/h2*1-9,11-13H;2*1-7H,(H,13,14);;/q2*-2;;;2*+2. The van der Waals surface area contributed by atoms with Crippen LogP contribution in [-0.4, -0.2) is 40.1 Å². The Morgan fingerprint density at radius 2 is 0.708 bits per heavy atom. The summed E-state index contributed by atoms with van der Waals surface area (Å²) < 4.78 is 1.65. The maximum atomic E-state index is 9.31. The van der Waals surface area contributed by atoms with Crippen LogP contribution >= 0.6 is 31.9 Å². The van der Waals surface area contributed by atoms with Crippen molar-refractivity contribution in [3.8, 4) is 34.3 Å². The third kappa shape index (κ3) is 13.3. The smallest absolute Gasteiger partial charge is 0.493 e. The van der Waals surface area contributed by atoms with Crippen LogP contribution in [0.4, 0.5) is 46.0 Å². The number of para-hydroxylation sites is 4. The summed E-state index contributed by atoms with van der Waals surface area (Å²) >= 11 is 6.62. The van der Waals surface area contributed by atoms with Crippen LogP contribution in [0.15, 0.2) is 228 Å². The van der Waals surface area contributed by atoms with Crippen molar-refractivity contribution in [2.45, 2.75) is 0 Å². The minimum atomic E-state index is 0. The molecule has 12 rings (SSSR count). The van der Waals surface area contributed by atoms with E-state index in [0.29, 0.717) is 0 Å². The molecule has 16 heteroatoms. The predicted molar refractivity (Wildman–Crippen MR) is 283 cm³/mol. The molecule has 0 bridgehead atoms. The van der Waals surface area contributed by atoms with Gasteiger partial charge in [-0.1, -0.05) is 129 Å². The molecule has 4 aromatic heterocycles. The van der Waals surface area contributed by atoms with Gasteiger partial charge in [-0.25, -0.2) is 29.9 Å². The Balaban J connectivity index is 0.000000142. The molecule has 0 aliphatic carbocycles. The molecule has 0 unspecified atom stereocenters. The number of pyridine rings is 2. The Labute approximate surface area is 463 Å². The van der Waals surface area contributed by atoms with Crippen molar-refractivity contribution in [1.82, 2.24) is 29.9 Å². The van der Waals surface area contributed by atoms with Gasteiger partial charge in [-0.2, -0.15) is 60.7 Å². The minimum absolute atomic E-state index is 0. The van der Waals surface area contributed by atoms with Gasteiger partial charge in [-0.05, 0) is 36.4 Å². The Bertz CT molecular complexity index is 2870. The van der Waals surface area contributed by atoms with Crippen molar-refractivity contribution in [3.05, 3.63) is 253 Å². The Kier molecular flexibility index (Phi) is 18.9. The van der Waals surface area contributed by atoms with E-state index < -0.39 is 0 Å². The zero-order valence-electron chi connectivity index (χ0n) is 37.7. The Morgan fingerprint density at radius 3 is 1.03 bits per heavy atom. The summed E-state index contributed by atoms with van der Waals surface area (Å²) in [6.07, 6.45) is 6.83. The molecule has 6 aromatic carbocycles. The number of hydrogen-bond donors (Lipinski definition) is 2. The molecule has 72 heavy (non-hydrogen) atoms. The Morgan fingerprint density at radius 1 is 0.389 bits per heavy atom. The molecule has 0 saturated carbocycles. The van der Waals surface area contributed by atoms with E-state index in [1.807, 2.05) is 215 Å². The molecule has 0 saturated heterocycles. The molecule has 2 aliphatic heterocycles. The molecule has 0 atom stereocenters. The van der Waals surface area contributed by atoms with E-state index in [2.05, 4.69) is 73.9 Å². The number of rotatable bonds is 6. The number of aromatic nitrogens is 6. The fourth-order valence-electron chi connectivity index (χ4n) is 7.23. The van der Waals surface area contributed by atoms with E-state index in [-0.39, 0.29) is 53.9 Å². The van der Waals surface area contributed by atoms with Crippen LogP contribution in [0.25, 0.3) is 22.5 Å². The van der Waals surface area contributed by atoms with Crippen molar-refractivity contribution in [2.75, 3.05) is 19.6 Å². The summed E-state index contributed by atoms with van der Waals surface area (Å²) in [4.78, 5) is 34.0. The number of aromatic hydroxyl groups is 2. The van der Waals surface area contributed by atoms with E-state index in [4.69, 9.17) is 0 Å². The summed E-state index contributed by atoms with van der Waals surface area (Å²) in [5.74, 6) is 3.31. The van der Waals surface area contributed by atoms with Gasteiger partial charge in [0.15, 0.2) is 0 Å². The molecular weight excluding hydrogens is 1390 g/mol. The van der Waals surface area contributed by atoms with Crippen LogP contribution in [0.1, 0.15) is 0 Å². The Hall–Kier alpha value is -7.08. The molecule has 0 radical (unpaired) electrons. The van der Waals surface area contributed by atoms with Crippen molar-refractivity contribution < 1.29 is 52.3 Å². The molecule has 10 aromatic rings. The first-order valence-electron chi connectivity index (χ1n) is 21.7. The van der Waals surface area contributed by atoms with Gasteiger partial charge < -0.3 is 29.8 Å². The summed E-state index contributed by atoms with van der Waals surface area (Å²) in [6.45, 7) is 3.98. The summed E-state index contributed by atoms with van der Waals surface area (Å²) in [7, 11) is 0. The van der Waals surface area contributed by atoms with Gasteiger partial charge in [0.25, 0.3) is 0 Å². The van der Waals surface area contributed by atoms with Crippen molar-refractivity contribution in [1.29, 1.82) is 0 Å². The van der Waals surface area contributed by atoms with Gasteiger partial charge in [0.05, 0.1) is 11.4 Å². The largest absolute Gasteiger partial charge is 2.00 e. The van der Waals surface area contributed by atoms with Gasteiger partial charge in [-0.3, -0.25) is 0 Å². The number of fused-ring (bicyclic) bond motifs is 2. The average molecular weight is 1430 g/mol. The molecule has 12 nitrogen and oxygen atoms in total. The maximum Gasteiger partial charge on any atom is 2.00 e. The molecule has 6 heterocycles. The zero-order valence-corrected chi connectivity index (χ0v) is 45.4. The fourth-order valence-corrected chi connectivity index (χ4v) is 8.08. The van der Waals surface area contributed by atoms with E-state index in [0.717, 1.165) is 77.5 Å².